The summed E-state index contributed by atoms with van der Waals surface area (Å²) in [5, 5.41) is 44.6. The van der Waals surface area contributed by atoms with E-state index in [9.17, 15) is 39.6 Å². The summed E-state index contributed by atoms with van der Waals surface area (Å²) in [7, 11) is 5.15. The Bertz CT molecular complexity index is 1390. The van der Waals surface area contributed by atoms with E-state index in [2.05, 4.69) is 4.90 Å². The number of allylic oxidation sites excluding steroid dienone is 1. The minimum absolute atomic E-state index is 0.0342. The minimum Gasteiger partial charge on any atom is -0.510 e. The van der Waals surface area contributed by atoms with Crippen molar-refractivity contribution in [1.29, 1.82) is 0 Å². The van der Waals surface area contributed by atoms with Crippen molar-refractivity contribution in [3.8, 4) is 5.75 Å². The van der Waals surface area contributed by atoms with Crippen molar-refractivity contribution in [3.05, 3.63) is 51.5 Å². The van der Waals surface area contributed by atoms with Gasteiger partial charge in [0, 0.05) is 43.2 Å². The number of carbonyl (C=O) groups is 4. The van der Waals surface area contributed by atoms with Gasteiger partial charge in [-0.15, -0.1) is 0 Å². The van der Waals surface area contributed by atoms with E-state index in [-0.39, 0.29) is 42.1 Å². The number of aliphatic hydroxyl groups is 3. The van der Waals surface area contributed by atoms with Crippen molar-refractivity contribution < 1.29 is 39.6 Å². The Morgan fingerprint density at radius 2 is 1.75 bits per heavy atom. The van der Waals surface area contributed by atoms with E-state index >= 15 is 0 Å². The number of phenols is 1. The SMILES string of the molecule is CN1CCN(CC(=O)c2ccc(O)c3c2CC2CC4C(N(C)C)C(O)=C(C(N)=O)C(=O)C4(O)C(O)=C2C3=O)CC1. The van der Waals surface area contributed by atoms with Gasteiger partial charge in [-0.3, -0.25) is 29.0 Å². The lowest BCUT2D eigenvalue weighted by molar-refractivity contribution is -0.148. The van der Waals surface area contributed by atoms with Gasteiger partial charge in [-0.05, 0) is 57.6 Å². The van der Waals surface area contributed by atoms with E-state index in [0.29, 0.717) is 11.1 Å². The van der Waals surface area contributed by atoms with Crippen LogP contribution in [0.4, 0.5) is 0 Å². The first-order valence-electron chi connectivity index (χ1n) is 13.2. The number of Topliss-reactive ketones (excluding diaryl/α,β-unsaturated/α-hetero) is 3. The molecule has 214 valence electrons. The van der Waals surface area contributed by atoms with Crippen LogP contribution in [0.15, 0.2) is 34.8 Å². The summed E-state index contributed by atoms with van der Waals surface area (Å²) in [6.45, 7) is 3.23. The van der Waals surface area contributed by atoms with E-state index in [0.717, 1.165) is 26.2 Å². The van der Waals surface area contributed by atoms with Crippen LogP contribution in [0.3, 0.4) is 0 Å². The smallest absolute Gasteiger partial charge is 0.255 e. The number of aromatic hydroxyl groups is 1. The topological polar surface area (TPSA) is 185 Å². The second-order valence-electron chi connectivity index (χ2n) is 11.5. The van der Waals surface area contributed by atoms with Gasteiger partial charge in [-0.25, -0.2) is 0 Å². The number of carbonyl (C=O) groups excluding carboxylic acids is 4. The number of primary amides is 1. The number of hydrogen-bond donors (Lipinski definition) is 5. The van der Waals surface area contributed by atoms with Crippen LogP contribution in [-0.4, -0.2) is 124 Å². The average molecular weight is 555 g/mol. The molecule has 0 spiro atoms. The van der Waals surface area contributed by atoms with Crippen molar-refractivity contribution in [2.24, 2.45) is 17.6 Å². The molecule has 1 amide bonds. The van der Waals surface area contributed by atoms with Crippen LogP contribution >= 0.6 is 0 Å². The van der Waals surface area contributed by atoms with Crippen LogP contribution in [-0.2, 0) is 16.0 Å². The van der Waals surface area contributed by atoms with E-state index in [4.69, 9.17) is 5.73 Å². The number of rotatable bonds is 5. The maximum Gasteiger partial charge on any atom is 0.255 e. The number of fused-ring (bicyclic) bond motifs is 3. The number of benzene rings is 1. The van der Waals surface area contributed by atoms with Gasteiger partial charge < -0.3 is 31.1 Å². The molecule has 1 saturated heterocycles. The van der Waals surface area contributed by atoms with Gasteiger partial charge in [-0.1, -0.05) is 0 Å². The summed E-state index contributed by atoms with van der Waals surface area (Å²) in [6, 6.07) is 1.67. The standard InChI is InChI=1S/C28H34N4O8/c1-30(2)22-16-11-13-10-15-14(18(34)12-32-8-6-31(3)7-9-32)4-5-17(33)20(15)23(35)19(13)25(37)28(16,40)26(38)21(24(22)36)27(29)39/h4-5,13,16,22,33,36-37,40H,6-12H2,1-3H3,(H2,29,39). The number of likely N-dealkylation sites (N-methyl/N-ethyl adjacent to an activating group) is 2. The normalized spacial score (nSPS) is 29.4. The van der Waals surface area contributed by atoms with Crippen LogP contribution in [0.5, 0.6) is 5.75 Å². The predicted molar refractivity (Wildman–Crippen MR) is 142 cm³/mol. The van der Waals surface area contributed by atoms with Crippen LogP contribution in [0, 0.1) is 11.8 Å². The first kappa shape index (κ1) is 28.0. The third-order valence-corrected chi connectivity index (χ3v) is 8.87. The Balaban J connectivity index is 1.59. The van der Waals surface area contributed by atoms with Gasteiger partial charge >= 0.3 is 0 Å². The van der Waals surface area contributed by atoms with Crippen LogP contribution < -0.4 is 5.73 Å². The molecular formula is C28H34N4O8. The monoisotopic (exact) mass is 554 g/mol. The molecule has 12 nitrogen and oxygen atoms in total. The molecule has 4 unspecified atom stereocenters. The molecular weight excluding hydrogens is 520 g/mol. The van der Waals surface area contributed by atoms with E-state index in [1.165, 1.54) is 17.0 Å². The summed E-state index contributed by atoms with van der Waals surface area (Å²) in [6.07, 6.45) is 0.0419. The van der Waals surface area contributed by atoms with Gasteiger partial charge in [0.2, 0.25) is 5.78 Å². The van der Waals surface area contributed by atoms with Gasteiger partial charge in [-0.2, -0.15) is 0 Å². The number of amides is 1. The first-order chi connectivity index (χ1) is 18.8. The number of ketones is 3. The van der Waals surface area contributed by atoms with Gasteiger partial charge in [0.15, 0.2) is 17.2 Å². The molecule has 6 N–H and O–H groups in total. The maximum absolute atomic E-state index is 13.8. The summed E-state index contributed by atoms with van der Waals surface area (Å²) < 4.78 is 0. The number of hydrogen-bond acceptors (Lipinski definition) is 11. The van der Waals surface area contributed by atoms with Gasteiger partial charge in [0.05, 0.1) is 18.2 Å². The molecule has 1 aromatic carbocycles. The Kier molecular flexibility index (Phi) is 6.86. The van der Waals surface area contributed by atoms with Crippen molar-refractivity contribution in [3.63, 3.8) is 0 Å². The third kappa shape index (κ3) is 4.05. The molecule has 5 rings (SSSR count). The van der Waals surface area contributed by atoms with Gasteiger partial charge in [0.1, 0.15) is 22.8 Å². The molecule has 0 saturated carbocycles. The highest BCUT2D eigenvalue weighted by Gasteiger charge is 2.63. The molecule has 0 bridgehead atoms. The molecule has 12 heteroatoms. The number of phenolic OH excluding ortho intramolecular Hbond substituents is 1. The molecule has 0 aromatic heterocycles. The molecule has 1 heterocycles. The lowest BCUT2D eigenvalue weighted by Gasteiger charge is -2.50. The van der Waals surface area contributed by atoms with E-state index in [1.807, 2.05) is 11.9 Å². The number of nitrogens with zero attached hydrogens (tertiary/aromatic N) is 3. The molecule has 4 aliphatic rings. The fraction of sp³-hybridized carbons (Fsp3) is 0.500. The van der Waals surface area contributed by atoms with Crippen molar-refractivity contribution >= 4 is 23.3 Å². The highest BCUT2D eigenvalue weighted by molar-refractivity contribution is 6.25. The summed E-state index contributed by atoms with van der Waals surface area (Å²) in [5.74, 6) is -7.38. The highest BCUT2D eigenvalue weighted by Crippen LogP contribution is 2.52. The first-order valence-corrected chi connectivity index (χ1v) is 13.2. The molecule has 40 heavy (non-hydrogen) atoms. The second kappa shape index (κ2) is 9.81. The van der Waals surface area contributed by atoms with Crippen LogP contribution in [0.25, 0.3) is 0 Å². The number of aliphatic hydroxyl groups excluding tert-OH is 2. The van der Waals surface area contributed by atoms with E-state index < -0.39 is 58.0 Å². The summed E-state index contributed by atoms with van der Waals surface area (Å²) in [5.41, 5.74) is 2.03. The zero-order valence-electron chi connectivity index (χ0n) is 22.7. The predicted octanol–water partition coefficient (Wildman–Crippen LogP) is -0.449. The van der Waals surface area contributed by atoms with E-state index in [1.54, 1.807) is 14.1 Å². The Morgan fingerprint density at radius 3 is 2.35 bits per heavy atom. The zero-order chi connectivity index (χ0) is 29.3. The van der Waals surface area contributed by atoms with Crippen LogP contribution in [0.1, 0.15) is 32.7 Å². The molecule has 4 atom stereocenters. The van der Waals surface area contributed by atoms with Crippen LogP contribution in [0.2, 0.25) is 0 Å². The average Bonchev–Trinajstić information content (AvgIpc) is 2.87. The zero-order valence-corrected chi connectivity index (χ0v) is 22.7. The maximum atomic E-state index is 13.8. The highest BCUT2D eigenvalue weighted by atomic mass is 16.3. The van der Waals surface area contributed by atoms with Gasteiger partial charge in [0.25, 0.3) is 5.91 Å². The lowest BCUT2D eigenvalue weighted by Crippen LogP contribution is -2.63. The lowest BCUT2D eigenvalue weighted by atomic mass is 9.58. The Hall–Kier alpha value is -3.58. The molecule has 1 aromatic rings. The molecule has 3 aliphatic carbocycles. The van der Waals surface area contributed by atoms with Crippen molar-refractivity contribution in [2.75, 3.05) is 53.9 Å². The number of piperazine rings is 1. The fourth-order valence-electron chi connectivity index (χ4n) is 6.81. The minimum atomic E-state index is -2.70. The number of nitrogens with two attached hydrogens (primary N) is 1. The molecule has 1 fully saturated rings. The Labute approximate surface area is 231 Å². The van der Waals surface area contributed by atoms with Crippen molar-refractivity contribution in [2.45, 2.75) is 24.5 Å². The summed E-state index contributed by atoms with van der Waals surface area (Å²) >= 11 is 0. The summed E-state index contributed by atoms with van der Waals surface area (Å²) in [4.78, 5) is 58.4. The third-order valence-electron chi connectivity index (χ3n) is 8.87. The van der Waals surface area contributed by atoms with Crippen molar-refractivity contribution in [1.82, 2.24) is 14.7 Å². The molecule has 0 radical (unpaired) electrons. The molecule has 1 aliphatic heterocycles. The Morgan fingerprint density at radius 1 is 1.10 bits per heavy atom. The second-order valence-corrected chi connectivity index (χ2v) is 11.5. The quantitative estimate of drug-likeness (QED) is 0.235. The fourth-order valence-corrected chi connectivity index (χ4v) is 6.81. The largest absolute Gasteiger partial charge is 0.510 e.